The number of hydrogen-bond acceptors (Lipinski definition) is 6. The van der Waals surface area contributed by atoms with Crippen molar-refractivity contribution < 1.29 is 14.6 Å². The number of allylic oxidation sites excluding steroid dienone is 1. The Balaban J connectivity index is 1.54. The molecule has 0 saturated heterocycles. The average Bonchev–Trinajstić information content (AvgIpc) is 2.83. The monoisotopic (exact) mass is 424 g/mol. The molecule has 7 heteroatoms. The number of ether oxygens (including phenoxy) is 1. The Labute approximate surface area is 184 Å². The Morgan fingerprint density at radius 2 is 1.75 bits per heavy atom. The molecule has 0 radical (unpaired) electrons. The summed E-state index contributed by atoms with van der Waals surface area (Å²) in [5.74, 6) is -0.415. The number of aromatic carboxylic acids is 1. The van der Waals surface area contributed by atoms with Crippen LogP contribution in [0.1, 0.15) is 27.2 Å². The van der Waals surface area contributed by atoms with Gasteiger partial charge in [0.15, 0.2) is 0 Å². The van der Waals surface area contributed by atoms with Crippen LogP contribution in [-0.4, -0.2) is 27.3 Å². The number of rotatable bonds is 7. The normalized spacial score (nSPS) is 11.6. The van der Waals surface area contributed by atoms with Gasteiger partial charge in [-0.3, -0.25) is 4.98 Å². The van der Waals surface area contributed by atoms with E-state index in [0.29, 0.717) is 33.6 Å². The van der Waals surface area contributed by atoms with Gasteiger partial charge in [0.2, 0.25) is 0 Å². The molecule has 4 N–H and O–H groups in total. The molecule has 158 valence electrons. The van der Waals surface area contributed by atoms with E-state index >= 15 is 0 Å². The molecule has 0 spiro atoms. The highest BCUT2D eigenvalue weighted by molar-refractivity contribution is 6.17. The zero-order valence-corrected chi connectivity index (χ0v) is 17.0. The van der Waals surface area contributed by atoms with Gasteiger partial charge < -0.3 is 21.0 Å². The average molecular weight is 424 g/mol. The number of aromatic nitrogens is 2. The van der Waals surface area contributed by atoms with Gasteiger partial charge in [0.25, 0.3) is 0 Å². The van der Waals surface area contributed by atoms with Crippen LogP contribution in [0.2, 0.25) is 0 Å². The van der Waals surface area contributed by atoms with Crippen LogP contribution < -0.4 is 10.5 Å². The van der Waals surface area contributed by atoms with E-state index in [1.807, 2.05) is 18.2 Å². The molecule has 0 amide bonds. The first-order valence-electron chi connectivity index (χ1n) is 9.82. The minimum atomic E-state index is -1.01. The highest BCUT2D eigenvalue weighted by Crippen LogP contribution is 2.24. The van der Waals surface area contributed by atoms with Crippen LogP contribution in [0.25, 0.3) is 22.2 Å². The van der Waals surface area contributed by atoms with Crippen molar-refractivity contribution in [2.24, 2.45) is 5.73 Å². The fourth-order valence-electron chi connectivity index (χ4n) is 3.37. The van der Waals surface area contributed by atoms with Crippen LogP contribution >= 0.6 is 0 Å². The number of nitrogens with two attached hydrogens (primary N) is 1. The third-order valence-electron chi connectivity index (χ3n) is 4.98. The summed E-state index contributed by atoms with van der Waals surface area (Å²) in [6.07, 6.45) is 4.53. The molecular weight excluding hydrogens is 404 g/mol. The molecule has 0 fully saturated rings. The smallest absolute Gasteiger partial charge is 0.336 e. The van der Waals surface area contributed by atoms with E-state index in [4.69, 9.17) is 15.9 Å². The van der Waals surface area contributed by atoms with Gasteiger partial charge >= 0.3 is 5.97 Å². The van der Waals surface area contributed by atoms with Crippen molar-refractivity contribution in [3.05, 3.63) is 102 Å². The van der Waals surface area contributed by atoms with Gasteiger partial charge in [0.1, 0.15) is 12.4 Å². The van der Waals surface area contributed by atoms with Crippen molar-refractivity contribution in [2.45, 2.75) is 6.61 Å². The fraction of sp³-hybridized carbons (Fsp3) is 0.0400. The number of nitrogens with zero attached hydrogens (tertiary/aromatic N) is 2. The first kappa shape index (κ1) is 20.7. The molecule has 0 aliphatic rings. The lowest BCUT2D eigenvalue weighted by atomic mass is 10.0. The van der Waals surface area contributed by atoms with Gasteiger partial charge in [-0.25, -0.2) is 9.78 Å². The van der Waals surface area contributed by atoms with E-state index in [2.05, 4.69) is 9.97 Å². The summed E-state index contributed by atoms with van der Waals surface area (Å²) in [5, 5.41) is 17.8. The second-order valence-corrected chi connectivity index (χ2v) is 7.00. The number of fused-ring (bicyclic) bond motifs is 1. The molecule has 0 aliphatic heterocycles. The number of carbonyl (C=O) groups is 1. The van der Waals surface area contributed by atoms with Crippen molar-refractivity contribution in [3.63, 3.8) is 0 Å². The number of para-hydroxylation sites is 1. The summed E-state index contributed by atoms with van der Waals surface area (Å²) in [4.78, 5) is 20.1. The van der Waals surface area contributed by atoms with Crippen molar-refractivity contribution in [2.75, 3.05) is 0 Å². The van der Waals surface area contributed by atoms with Gasteiger partial charge in [0.05, 0.1) is 16.8 Å². The van der Waals surface area contributed by atoms with Crippen molar-refractivity contribution >= 4 is 34.4 Å². The number of carboxylic acid groups (broad SMARTS) is 1. The lowest BCUT2D eigenvalue weighted by Crippen LogP contribution is -2.05. The second-order valence-electron chi connectivity index (χ2n) is 7.00. The maximum absolute atomic E-state index is 11.6. The van der Waals surface area contributed by atoms with Crippen LogP contribution in [0.4, 0.5) is 0 Å². The topological polar surface area (TPSA) is 122 Å². The predicted octanol–water partition coefficient (Wildman–Crippen LogP) is 4.38. The summed E-state index contributed by atoms with van der Waals surface area (Å²) in [5.41, 5.74) is 10.3. The molecule has 4 aromatic rings. The standard InChI is InChI=1S/C25H20N4O3/c26-14-22(16-9-11-28-12-10-16)24(27)17-5-7-19(8-6-17)32-15-18-13-21(25(30)31)20-3-1-2-4-23(20)29-18/h1-14,26H,15,27H2,(H,30,31). The fourth-order valence-corrected chi connectivity index (χ4v) is 3.37. The molecule has 2 heterocycles. The highest BCUT2D eigenvalue weighted by atomic mass is 16.5. The first-order chi connectivity index (χ1) is 15.6. The zero-order valence-electron chi connectivity index (χ0n) is 17.0. The summed E-state index contributed by atoms with van der Waals surface area (Å²) in [6.45, 7) is 0.124. The Hall–Kier alpha value is -4.52. The summed E-state index contributed by atoms with van der Waals surface area (Å²) >= 11 is 0. The van der Waals surface area contributed by atoms with Crippen LogP contribution in [0.3, 0.4) is 0 Å². The minimum absolute atomic E-state index is 0.124. The molecule has 2 aromatic heterocycles. The highest BCUT2D eigenvalue weighted by Gasteiger charge is 2.12. The van der Waals surface area contributed by atoms with Gasteiger partial charge in [0, 0.05) is 35.3 Å². The number of benzene rings is 2. The molecule has 0 aliphatic carbocycles. The number of hydrogen-bond donors (Lipinski definition) is 3. The number of carboxylic acids is 1. The second kappa shape index (κ2) is 9.09. The molecule has 0 unspecified atom stereocenters. The minimum Gasteiger partial charge on any atom is -0.487 e. The van der Waals surface area contributed by atoms with Gasteiger partial charge in [-0.15, -0.1) is 0 Å². The van der Waals surface area contributed by atoms with Crippen molar-refractivity contribution in [1.82, 2.24) is 9.97 Å². The van der Waals surface area contributed by atoms with Gasteiger partial charge in [-0.1, -0.05) is 18.2 Å². The Kier molecular flexibility index (Phi) is 5.89. The lowest BCUT2D eigenvalue weighted by Gasteiger charge is -2.11. The van der Waals surface area contributed by atoms with Crippen molar-refractivity contribution in [1.29, 1.82) is 5.41 Å². The predicted molar refractivity (Wildman–Crippen MR) is 123 cm³/mol. The zero-order chi connectivity index (χ0) is 22.5. The van der Waals surface area contributed by atoms with Gasteiger partial charge in [-0.05, 0) is 59.7 Å². The summed E-state index contributed by atoms with van der Waals surface area (Å²) < 4.78 is 5.82. The molecule has 2 aromatic carbocycles. The third kappa shape index (κ3) is 4.32. The maximum atomic E-state index is 11.6. The van der Waals surface area contributed by atoms with E-state index < -0.39 is 5.97 Å². The van der Waals surface area contributed by atoms with Crippen LogP contribution in [-0.2, 0) is 6.61 Å². The summed E-state index contributed by atoms with van der Waals surface area (Å²) in [6, 6.07) is 19.4. The van der Waals surface area contributed by atoms with E-state index in [-0.39, 0.29) is 12.2 Å². The largest absolute Gasteiger partial charge is 0.487 e. The van der Waals surface area contributed by atoms with E-state index in [1.165, 1.54) is 12.3 Å². The molecular formula is C25H20N4O3. The van der Waals surface area contributed by atoms with Gasteiger partial charge in [-0.2, -0.15) is 0 Å². The molecule has 0 atom stereocenters. The van der Waals surface area contributed by atoms with Crippen LogP contribution in [0, 0.1) is 5.41 Å². The molecule has 0 saturated carbocycles. The first-order valence-corrected chi connectivity index (χ1v) is 9.82. The molecule has 32 heavy (non-hydrogen) atoms. The molecule has 7 nitrogen and oxygen atoms in total. The Morgan fingerprint density at radius 1 is 1.03 bits per heavy atom. The Bertz CT molecular complexity index is 1320. The third-order valence-corrected chi connectivity index (χ3v) is 4.98. The van der Waals surface area contributed by atoms with Crippen LogP contribution in [0.15, 0.2) is 79.1 Å². The quantitative estimate of drug-likeness (QED) is 0.378. The SMILES string of the molecule is N=CC(=C(N)c1ccc(OCc2cc(C(=O)O)c3ccccc3n2)cc1)c1ccncc1. The lowest BCUT2D eigenvalue weighted by molar-refractivity contribution is 0.0698. The van der Waals surface area contributed by atoms with E-state index in [1.54, 1.807) is 54.9 Å². The molecule has 0 bridgehead atoms. The van der Waals surface area contributed by atoms with E-state index in [9.17, 15) is 9.90 Å². The van der Waals surface area contributed by atoms with E-state index in [0.717, 1.165) is 11.1 Å². The number of nitrogens with one attached hydrogen (secondary N) is 1. The Morgan fingerprint density at radius 3 is 2.44 bits per heavy atom. The maximum Gasteiger partial charge on any atom is 0.336 e. The van der Waals surface area contributed by atoms with Crippen molar-refractivity contribution in [3.8, 4) is 5.75 Å². The number of pyridine rings is 2. The molecule has 4 rings (SSSR count). The van der Waals surface area contributed by atoms with Crippen LogP contribution in [0.5, 0.6) is 5.75 Å². The summed E-state index contributed by atoms with van der Waals surface area (Å²) in [7, 11) is 0.